The number of carboxylic acid groups (broad SMARTS) is 1. The van der Waals surface area contributed by atoms with Gasteiger partial charge in [-0.2, -0.15) is 0 Å². The van der Waals surface area contributed by atoms with Crippen molar-refractivity contribution in [3.8, 4) is 0 Å². The summed E-state index contributed by atoms with van der Waals surface area (Å²) in [5.41, 5.74) is 0.788. The van der Waals surface area contributed by atoms with E-state index in [1.54, 1.807) is 0 Å². The summed E-state index contributed by atoms with van der Waals surface area (Å²) in [6.07, 6.45) is 0. The zero-order valence-corrected chi connectivity index (χ0v) is 10.3. The Morgan fingerprint density at radius 1 is 1.50 bits per heavy atom. The van der Waals surface area contributed by atoms with Crippen LogP contribution in [-0.4, -0.2) is 11.0 Å². The number of carboxylic acids is 1. The molecule has 4 nitrogen and oxygen atoms in total. The van der Waals surface area contributed by atoms with Gasteiger partial charge in [0.1, 0.15) is 0 Å². The molecular formula is C10H6BrN2O2S-. The van der Waals surface area contributed by atoms with E-state index in [1.807, 2.05) is 24.3 Å². The number of aromatic carboxylic acids is 1. The number of benzene rings is 1. The Labute approximate surface area is 104 Å². The monoisotopic (exact) mass is 297 g/mol. The normalized spacial score (nSPS) is 10.1. The fourth-order valence-corrected chi connectivity index (χ4v) is 2.21. The van der Waals surface area contributed by atoms with E-state index in [4.69, 9.17) is 0 Å². The first-order valence-corrected chi connectivity index (χ1v) is 6.02. The average Bonchev–Trinajstić information content (AvgIpc) is 2.66. The molecule has 0 atom stereocenters. The number of nitrogens with zero attached hydrogens (tertiary/aromatic N) is 1. The molecule has 0 amide bonds. The van der Waals surface area contributed by atoms with Gasteiger partial charge in [-0.3, -0.25) is 0 Å². The number of halogens is 1. The van der Waals surface area contributed by atoms with E-state index >= 15 is 0 Å². The SMILES string of the molecule is O=C([O-])c1csc(Nc2cccc(Br)c2)n1. The van der Waals surface area contributed by atoms with Crippen LogP contribution in [0.5, 0.6) is 0 Å². The summed E-state index contributed by atoms with van der Waals surface area (Å²) in [5.74, 6) is -1.27. The number of carbonyl (C=O) groups excluding carboxylic acids is 1. The average molecular weight is 298 g/mol. The topological polar surface area (TPSA) is 65.0 Å². The number of rotatable bonds is 3. The van der Waals surface area contributed by atoms with Crippen molar-refractivity contribution in [3.63, 3.8) is 0 Å². The second-order valence-corrected chi connectivity index (χ2v) is 4.73. The third kappa shape index (κ3) is 2.59. The minimum absolute atomic E-state index is 0.0532. The van der Waals surface area contributed by atoms with Gasteiger partial charge in [0.05, 0.1) is 11.7 Å². The molecule has 1 aromatic carbocycles. The van der Waals surface area contributed by atoms with Gasteiger partial charge < -0.3 is 15.2 Å². The Morgan fingerprint density at radius 3 is 2.94 bits per heavy atom. The van der Waals surface area contributed by atoms with Gasteiger partial charge in [0.2, 0.25) is 0 Å². The molecule has 2 aromatic rings. The lowest BCUT2D eigenvalue weighted by atomic mass is 10.3. The fraction of sp³-hybridized carbons (Fsp3) is 0. The summed E-state index contributed by atoms with van der Waals surface area (Å²) >= 11 is 4.56. The molecule has 82 valence electrons. The molecule has 16 heavy (non-hydrogen) atoms. The van der Waals surface area contributed by atoms with E-state index in [9.17, 15) is 9.90 Å². The van der Waals surface area contributed by atoms with Crippen molar-refractivity contribution in [2.45, 2.75) is 0 Å². The highest BCUT2D eigenvalue weighted by atomic mass is 79.9. The summed E-state index contributed by atoms with van der Waals surface area (Å²) in [6.45, 7) is 0. The minimum Gasteiger partial charge on any atom is -0.543 e. The van der Waals surface area contributed by atoms with Crippen molar-refractivity contribution < 1.29 is 9.90 Å². The van der Waals surface area contributed by atoms with Crippen LogP contribution in [0.4, 0.5) is 10.8 Å². The van der Waals surface area contributed by atoms with Crippen LogP contribution in [0.1, 0.15) is 10.5 Å². The second kappa shape index (κ2) is 4.63. The van der Waals surface area contributed by atoms with E-state index in [0.717, 1.165) is 10.2 Å². The van der Waals surface area contributed by atoms with E-state index in [2.05, 4.69) is 26.2 Å². The van der Waals surface area contributed by atoms with Crippen molar-refractivity contribution in [1.82, 2.24) is 4.98 Å². The van der Waals surface area contributed by atoms with Crippen LogP contribution < -0.4 is 10.4 Å². The number of hydrogen-bond acceptors (Lipinski definition) is 5. The van der Waals surface area contributed by atoms with Crippen LogP contribution in [0.3, 0.4) is 0 Å². The fourth-order valence-electron chi connectivity index (χ4n) is 1.11. The third-order valence-electron chi connectivity index (χ3n) is 1.79. The predicted octanol–water partition coefficient (Wildman–Crippen LogP) is 2.01. The van der Waals surface area contributed by atoms with Gasteiger partial charge in [-0.1, -0.05) is 22.0 Å². The second-order valence-electron chi connectivity index (χ2n) is 2.96. The van der Waals surface area contributed by atoms with E-state index in [1.165, 1.54) is 16.7 Å². The predicted molar refractivity (Wildman–Crippen MR) is 63.9 cm³/mol. The van der Waals surface area contributed by atoms with Crippen LogP contribution in [0.25, 0.3) is 0 Å². The molecule has 0 radical (unpaired) electrons. The molecule has 0 aliphatic heterocycles. The Kier molecular flexibility index (Phi) is 3.21. The minimum atomic E-state index is -1.27. The maximum atomic E-state index is 10.5. The first-order chi connectivity index (χ1) is 7.65. The maximum Gasteiger partial charge on any atom is 0.187 e. The van der Waals surface area contributed by atoms with Crippen LogP contribution >= 0.6 is 27.3 Å². The van der Waals surface area contributed by atoms with Gasteiger partial charge in [0.15, 0.2) is 5.13 Å². The Morgan fingerprint density at radius 2 is 2.31 bits per heavy atom. The Bertz CT molecular complexity index is 527. The number of anilines is 2. The van der Waals surface area contributed by atoms with Crippen molar-refractivity contribution in [2.24, 2.45) is 0 Å². The maximum absolute atomic E-state index is 10.5. The van der Waals surface area contributed by atoms with Gasteiger partial charge in [0, 0.05) is 15.5 Å². The number of nitrogens with one attached hydrogen (secondary N) is 1. The first-order valence-electron chi connectivity index (χ1n) is 4.34. The highest BCUT2D eigenvalue weighted by molar-refractivity contribution is 9.10. The van der Waals surface area contributed by atoms with E-state index in [0.29, 0.717) is 5.13 Å². The van der Waals surface area contributed by atoms with Crippen LogP contribution in [0, 0.1) is 0 Å². The molecule has 0 bridgehead atoms. The zero-order valence-electron chi connectivity index (χ0n) is 7.94. The number of aromatic nitrogens is 1. The van der Waals surface area contributed by atoms with Gasteiger partial charge in [-0.15, -0.1) is 11.3 Å². The number of hydrogen-bond donors (Lipinski definition) is 1. The van der Waals surface area contributed by atoms with Crippen LogP contribution in [-0.2, 0) is 0 Å². The number of carbonyl (C=O) groups is 1. The molecule has 6 heteroatoms. The van der Waals surface area contributed by atoms with Crippen molar-refractivity contribution in [3.05, 3.63) is 39.8 Å². The standard InChI is InChI=1S/C10H7BrN2O2S/c11-6-2-1-3-7(4-6)12-10-13-8(5-16-10)9(14)15/h1-5H,(H,12,13)(H,14,15)/p-1. The van der Waals surface area contributed by atoms with Gasteiger partial charge in [-0.25, -0.2) is 4.98 Å². The summed E-state index contributed by atoms with van der Waals surface area (Å²) in [6, 6.07) is 7.52. The number of thiazole rings is 1. The Hall–Kier alpha value is -1.40. The molecule has 0 unspecified atom stereocenters. The van der Waals surface area contributed by atoms with Crippen LogP contribution in [0.2, 0.25) is 0 Å². The molecule has 1 heterocycles. The zero-order chi connectivity index (χ0) is 11.5. The molecule has 0 aliphatic rings. The van der Waals surface area contributed by atoms with Crippen LogP contribution in [0.15, 0.2) is 34.1 Å². The molecule has 0 fully saturated rings. The summed E-state index contributed by atoms with van der Waals surface area (Å²) < 4.78 is 0.939. The largest absolute Gasteiger partial charge is 0.543 e. The molecule has 0 aliphatic carbocycles. The molecule has 0 saturated carbocycles. The summed E-state index contributed by atoms with van der Waals surface area (Å²) in [4.78, 5) is 14.4. The third-order valence-corrected chi connectivity index (χ3v) is 3.04. The van der Waals surface area contributed by atoms with Gasteiger partial charge in [-0.05, 0) is 18.2 Å². The summed E-state index contributed by atoms with van der Waals surface area (Å²) in [5, 5.41) is 15.5. The lowest BCUT2D eigenvalue weighted by Gasteiger charge is -2.02. The molecule has 1 N–H and O–H groups in total. The molecule has 0 saturated heterocycles. The van der Waals surface area contributed by atoms with E-state index in [-0.39, 0.29) is 5.69 Å². The highest BCUT2D eigenvalue weighted by Gasteiger charge is 2.02. The first kappa shape index (κ1) is 11.1. The van der Waals surface area contributed by atoms with Gasteiger partial charge in [0.25, 0.3) is 0 Å². The smallest absolute Gasteiger partial charge is 0.187 e. The Balaban J connectivity index is 2.17. The molecule has 1 aromatic heterocycles. The molecule has 0 spiro atoms. The van der Waals surface area contributed by atoms with Gasteiger partial charge >= 0.3 is 0 Å². The van der Waals surface area contributed by atoms with Crippen molar-refractivity contribution in [2.75, 3.05) is 5.32 Å². The van der Waals surface area contributed by atoms with Crippen molar-refractivity contribution in [1.29, 1.82) is 0 Å². The lowest BCUT2D eigenvalue weighted by molar-refractivity contribution is -0.255. The molecular weight excluding hydrogens is 292 g/mol. The molecule has 2 rings (SSSR count). The quantitative estimate of drug-likeness (QED) is 0.941. The van der Waals surface area contributed by atoms with Crippen molar-refractivity contribution >= 4 is 44.1 Å². The van der Waals surface area contributed by atoms with E-state index < -0.39 is 5.97 Å². The summed E-state index contributed by atoms with van der Waals surface area (Å²) in [7, 11) is 0. The highest BCUT2D eigenvalue weighted by Crippen LogP contribution is 2.22. The lowest BCUT2D eigenvalue weighted by Crippen LogP contribution is -2.22.